The number of carbonyl (C=O) groups is 1. The maximum Gasteiger partial charge on any atom is 0.320 e. The fraction of sp³-hybridized carbons (Fsp3) is 0.917. The Labute approximate surface area is 114 Å². The first-order valence-corrected chi connectivity index (χ1v) is 8.70. The number of hydrogen-bond donors (Lipinski definition) is 2. The highest BCUT2D eigenvalue weighted by molar-refractivity contribution is 7.91. The van der Waals surface area contributed by atoms with E-state index in [1.165, 1.54) is 0 Å². The lowest BCUT2D eigenvalue weighted by atomic mass is 10.2. The molecule has 1 aliphatic heterocycles. The molecule has 6 nitrogen and oxygen atoms in total. The molecule has 0 bridgehead atoms. The Morgan fingerprint density at radius 1 is 1.32 bits per heavy atom. The molecule has 2 N–H and O–H groups in total. The van der Waals surface area contributed by atoms with Crippen LogP contribution in [0.1, 0.15) is 25.7 Å². The van der Waals surface area contributed by atoms with Crippen molar-refractivity contribution in [1.82, 2.24) is 10.2 Å². The van der Waals surface area contributed by atoms with Crippen LogP contribution in [-0.2, 0) is 14.6 Å². The molecule has 1 unspecified atom stereocenters. The van der Waals surface area contributed by atoms with Gasteiger partial charge in [0.25, 0.3) is 0 Å². The maximum atomic E-state index is 11.5. The second-order valence-electron chi connectivity index (χ2n) is 5.47. The number of rotatable bonds is 6. The summed E-state index contributed by atoms with van der Waals surface area (Å²) in [7, 11) is -2.89. The molecule has 1 aliphatic carbocycles. The molecule has 1 saturated heterocycles. The Morgan fingerprint density at radius 3 is 2.68 bits per heavy atom. The van der Waals surface area contributed by atoms with Gasteiger partial charge in [0.2, 0.25) is 0 Å². The minimum Gasteiger partial charge on any atom is -0.480 e. The molecular formula is C12H22N2O4S. The first-order valence-electron chi connectivity index (χ1n) is 6.88. The second-order valence-corrected chi connectivity index (χ2v) is 7.77. The first-order chi connectivity index (χ1) is 8.96. The molecule has 1 atom stereocenters. The molecule has 1 heterocycles. The third-order valence-electron chi connectivity index (χ3n) is 3.69. The van der Waals surface area contributed by atoms with Gasteiger partial charge < -0.3 is 15.3 Å². The third-order valence-corrected chi connectivity index (χ3v) is 5.41. The van der Waals surface area contributed by atoms with E-state index in [1.54, 1.807) is 0 Å². The van der Waals surface area contributed by atoms with Crippen molar-refractivity contribution in [3.05, 3.63) is 0 Å². The fourth-order valence-corrected chi connectivity index (χ4v) is 3.65. The molecule has 0 aromatic carbocycles. The zero-order valence-corrected chi connectivity index (χ0v) is 11.9. The normalized spacial score (nSPS) is 25.7. The van der Waals surface area contributed by atoms with E-state index in [1.807, 2.05) is 0 Å². The smallest absolute Gasteiger partial charge is 0.320 e. The largest absolute Gasteiger partial charge is 0.480 e. The standard InChI is InChI=1S/C12H22N2O4S/c15-12(16)11(13-10-2-3-10)4-6-14-5-1-8-19(17,18)9-7-14/h10-11,13H,1-9H2,(H,15,16). The van der Waals surface area contributed by atoms with Crippen molar-refractivity contribution in [3.63, 3.8) is 0 Å². The van der Waals surface area contributed by atoms with Crippen molar-refractivity contribution < 1.29 is 18.3 Å². The molecular weight excluding hydrogens is 268 g/mol. The van der Waals surface area contributed by atoms with Gasteiger partial charge in [-0.2, -0.15) is 0 Å². The van der Waals surface area contributed by atoms with Crippen LogP contribution in [0.4, 0.5) is 0 Å². The molecule has 2 fully saturated rings. The van der Waals surface area contributed by atoms with Crippen LogP contribution in [0.25, 0.3) is 0 Å². The lowest BCUT2D eigenvalue weighted by molar-refractivity contribution is -0.139. The molecule has 19 heavy (non-hydrogen) atoms. The van der Waals surface area contributed by atoms with Gasteiger partial charge in [-0.1, -0.05) is 0 Å². The highest BCUT2D eigenvalue weighted by Gasteiger charge is 2.28. The van der Waals surface area contributed by atoms with E-state index in [2.05, 4.69) is 10.2 Å². The summed E-state index contributed by atoms with van der Waals surface area (Å²) in [5.74, 6) is -0.359. The summed E-state index contributed by atoms with van der Waals surface area (Å²) >= 11 is 0. The van der Waals surface area contributed by atoms with Crippen molar-refractivity contribution in [3.8, 4) is 0 Å². The summed E-state index contributed by atoms with van der Waals surface area (Å²) in [6.07, 6.45) is 3.31. The first kappa shape index (κ1) is 14.7. The molecule has 0 radical (unpaired) electrons. The minimum absolute atomic E-state index is 0.195. The topological polar surface area (TPSA) is 86.7 Å². The molecule has 2 aliphatic rings. The van der Waals surface area contributed by atoms with Gasteiger partial charge in [0.15, 0.2) is 9.84 Å². The average molecular weight is 290 g/mol. The number of carboxylic acid groups (broad SMARTS) is 1. The molecule has 1 saturated carbocycles. The van der Waals surface area contributed by atoms with E-state index in [0.29, 0.717) is 32.0 Å². The van der Waals surface area contributed by atoms with Crippen LogP contribution in [0.2, 0.25) is 0 Å². The number of aliphatic carboxylic acids is 1. The summed E-state index contributed by atoms with van der Waals surface area (Å²) < 4.78 is 23.0. The van der Waals surface area contributed by atoms with Crippen LogP contribution < -0.4 is 5.32 Å². The van der Waals surface area contributed by atoms with Crippen LogP contribution in [0.3, 0.4) is 0 Å². The van der Waals surface area contributed by atoms with Crippen LogP contribution in [0.5, 0.6) is 0 Å². The number of hydrogen-bond acceptors (Lipinski definition) is 5. The highest BCUT2D eigenvalue weighted by Crippen LogP contribution is 2.20. The van der Waals surface area contributed by atoms with Crippen molar-refractivity contribution in [2.24, 2.45) is 0 Å². The summed E-state index contributed by atoms with van der Waals surface area (Å²) in [6, 6.07) is -0.141. The van der Waals surface area contributed by atoms with E-state index >= 15 is 0 Å². The summed E-state index contributed by atoms with van der Waals surface area (Å²) in [4.78, 5) is 13.2. The molecule has 7 heteroatoms. The van der Waals surface area contributed by atoms with Crippen LogP contribution in [-0.4, -0.2) is 67.6 Å². The number of nitrogens with one attached hydrogen (secondary N) is 1. The minimum atomic E-state index is -2.89. The van der Waals surface area contributed by atoms with Crippen LogP contribution >= 0.6 is 0 Å². The zero-order valence-electron chi connectivity index (χ0n) is 11.0. The Hall–Kier alpha value is -0.660. The monoisotopic (exact) mass is 290 g/mol. The predicted molar refractivity (Wildman–Crippen MR) is 71.9 cm³/mol. The lowest BCUT2D eigenvalue weighted by Crippen LogP contribution is -2.41. The van der Waals surface area contributed by atoms with Crippen molar-refractivity contribution >= 4 is 15.8 Å². The van der Waals surface area contributed by atoms with Gasteiger partial charge in [-0.3, -0.25) is 4.79 Å². The van der Waals surface area contributed by atoms with E-state index in [9.17, 15) is 13.2 Å². The fourth-order valence-electron chi connectivity index (χ4n) is 2.34. The Kier molecular flexibility index (Phi) is 4.81. The van der Waals surface area contributed by atoms with Gasteiger partial charge in [-0.15, -0.1) is 0 Å². The van der Waals surface area contributed by atoms with Gasteiger partial charge in [-0.05, 0) is 32.2 Å². The van der Waals surface area contributed by atoms with Gasteiger partial charge in [0.05, 0.1) is 11.5 Å². The quantitative estimate of drug-likeness (QED) is 0.698. The van der Waals surface area contributed by atoms with Crippen molar-refractivity contribution in [2.45, 2.75) is 37.8 Å². The number of carboxylic acids is 1. The zero-order chi connectivity index (χ0) is 13.9. The Balaban J connectivity index is 1.77. The molecule has 0 aromatic rings. The van der Waals surface area contributed by atoms with Gasteiger partial charge in [0, 0.05) is 19.1 Å². The summed E-state index contributed by atoms with van der Waals surface area (Å²) in [5.41, 5.74) is 0. The second kappa shape index (κ2) is 6.19. The SMILES string of the molecule is O=C(O)C(CCN1CCCS(=O)(=O)CC1)NC1CC1. The number of sulfone groups is 1. The molecule has 0 aromatic heterocycles. The summed E-state index contributed by atoms with van der Waals surface area (Å²) in [6.45, 7) is 1.92. The van der Waals surface area contributed by atoms with Crippen LogP contribution in [0, 0.1) is 0 Å². The molecule has 2 rings (SSSR count). The van der Waals surface area contributed by atoms with Gasteiger partial charge >= 0.3 is 5.97 Å². The lowest BCUT2D eigenvalue weighted by Gasteiger charge is -2.22. The molecule has 110 valence electrons. The van der Waals surface area contributed by atoms with Gasteiger partial charge in [0.1, 0.15) is 6.04 Å². The Bertz CT molecular complexity index is 419. The highest BCUT2D eigenvalue weighted by atomic mass is 32.2. The van der Waals surface area contributed by atoms with Crippen LogP contribution in [0.15, 0.2) is 0 Å². The molecule has 0 amide bonds. The third kappa shape index (κ3) is 5.08. The van der Waals surface area contributed by atoms with E-state index in [-0.39, 0.29) is 11.5 Å². The maximum absolute atomic E-state index is 11.5. The van der Waals surface area contributed by atoms with Crippen molar-refractivity contribution in [2.75, 3.05) is 31.1 Å². The van der Waals surface area contributed by atoms with E-state index in [0.717, 1.165) is 19.4 Å². The van der Waals surface area contributed by atoms with E-state index in [4.69, 9.17) is 5.11 Å². The van der Waals surface area contributed by atoms with Crippen molar-refractivity contribution in [1.29, 1.82) is 0 Å². The van der Waals surface area contributed by atoms with E-state index < -0.39 is 21.8 Å². The average Bonchev–Trinajstić information content (AvgIpc) is 3.13. The number of nitrogens with zero attached hydrogens (tertiary/aromatic N) is 1. The molecule has 0 spiro atoms. The van der Waals surface area contributed by atoms with Gasteiger partial charge in [-0.25, -0.2) is 8.42 Å². The Morgan fingerprint density at radius 2 is 2.05 bits per heavy atom. The summed E-state index contributed by atoms with van der Waals surface area (Å²) in [5, 5.41) is 12.3. The predicted octanol–water partition coefficient (Wildman–Crippen LogP) is -0.298.